The first-order chi connectivity index (χ1) is 13.3. The molecule has 0 unspecified atom stereocenters. The summed E-state index contributed by atoms with van der Waals surface area (Å²) in [5.74, 6) is -0.386. The molecule has 2 heterocycles. The van der Waals surface area contributed by atoms with E-state index in [-0.39, 0.29) is 12.5 Å². The van der Waals surface area contributed by atoms with Crippen molar-refractivity contribution in [1.29, 1.82) is 0 Å². The van der Waals surface area contributed by atoms with Crippen molar-refractivity contribution in [3.05, 3.63) is 35.9 Å². The van der Waals surface area contributed by atoms with Crippen molar-refractivity contribution in [2.24, 2.45) is 11.7 Å². The molecule has 0 saturated carbocycles. The summed E-state index contributed by atoms with van der Waals surface area (Å²) in [6, 6.07) is 9.52. The molecule has 2 aliphatic rings. The van der Waals surface area contributed by atoms with Crippen LogP contribution in [0.25, 0.3) is 0 Å². The third kappa shape index (κ3) is 4.04. The van der Waals surface area contributed by atoms with Crippen LogP contribution in [0.5, 0.6) is 0 Å². The number of likely N-dealkylation sites (tertiary alicyclic amines) is 1. The summed E-state index contributed by atoms with van der Waals surface area (Å²) in [6.07, 6.45) is 1.85. The Kier molecular flexibility index (Phi) is 6.03. The summed E-state index contributed by atoms with van der Waals surface area (Å²) >= 11 is 0. The van der Waals surface area contributed by atoms with Crippen LogP contribution in [0.4, 0.5) is 4.79 Å². The zero-order chi connectivity index (χ0) is 20.3. The number of hydrogen-bond acceptors (Lipinski definition) is 4. The third-order valence-electron chi connectivity index (χ3n) is 5.71. The first kappa shape index (κ1) is 20.3. The lowest BCUT2D eigenvalue weighted by Gasteiger charge is -2.42. The highest BCUT2D eigenvalue weighted by Gasteiger charge is 2.57. The number of piperidine rings is 1. The van der Waals surface area contributed by atoms with E-state index in [1.54, 1.807) is 4.90 Å². The summed E-state index contributed by atoms with van der Waals surface area (Å²) in [5.41, 5.74) is 5.55. The molecule has 0 radical (unpaired) electrons. The molecule has 7 heteroatoms. The van der Waals surface area contributed by atoms with Crippen LogP contribution in [0.3, 0.4) is 0 Å². The van der Waals surface area contributed by atoms with Crippen LogP contribution in [-0.2, 0) is 16.0 Å². The first-order valence-electron chi connectivity index (χ1n) is 10.0. The lowest BCUT2D eigenvalue weighted by molar-refractivity contribution is -0.137. The predicted octanol–water partition coefficient (Wildman–Crippen LogP) is 1.47. The van der Waals surface area contributed by atoms with Gasteiger partial charge in [-0.25, -0.2) is 4.79 Å². The molecule has 0 aliphatic carbocycles. The van der Waals surface area contributed by atoms with E-state index in [4.69, 9.17) is 5.73 Å². The van der Waals surface area contributed by atoms with E-state index in [9.17, 15) is 14.4 Å². The van der Waals surface area contributed by atoms with Gasteiger partial charge >= 0.3 is 6.03 Å². The van der Waals surface area contributed by atoms with Crippen molar-refractivity contribution in [3.63, 3.8) is 0 Å². The second-order valence-corrected chi connectivity index (χ2v) is 8.25. The zero-order valence-electron chi connectivity index (χ0n) is 16.8. The maximum atomic E-state index is 13.2. The van der Waals surface area contributed by atoms with E-state index in [2.05, 4.69) is 18.7 Å². The van der Waals surface area contributed by atoms with E-state index in [0.717, 1.165) is 30.1 Å². The zero-order valence-corrected chi connectivity index (χ0v) is 16.8. The van der Waals surface area contributed by atoms with Gasteiger partial charge in [0.2, 0.25) is 5.91 Å². The largest absolute Gasteiger partial charge is 0.368 e. The fraction of sp³-hybridized carbons (Fsp3) is 0.571. The van der Waals surface area contributed by atoms with Gasteiger partial charge in [-0.2, -0.15) is 0 Å². The highest BCUT2D eigenvalue weighted by molar-refractivity contribution is 6.09. The summed E-state index contributed by atoms with van der Waals surface area (Å²) in [7, 11) is 0. The number of urea groups is 1. The Morgan fingerprint density at radius 3 is 2.36 bits per heavy atom. The number of amides is 4. The van der Waals surface area contributed by atoms with Crippen molar-refractivity contribution >= 4 is 17.8 Å². The van der Waals surface area contributed by atoms with Gasteiger partial charge in [-0.3, -0.25) is 14.5 Å². The summed E-state index contributed by atoms with van der Waals surface area (Å²) in [6.45, 7) is 6.97. The Morgan fingerprint density at radius 2 is 1.79 bits per heavy atom. The van der Waals surface area contributed by atoms with Gasteiger partial charge < -0.3 is 15.5 Å². The molecule has 2 fully saturated rings. The Hall–Kier alpha value is -2.41. The number of hydrogen-bond donors (Lipinski definition) is 1. The quantitative estimate of drug-likeness (QED) is 0.719. The molecular weight excluding hydrogens is 356 g/mol. The van der Waals surface area contributed by atoms with E-state index in [1.807, 2.05) is 30.3 Å². The molecule has 4 amide bonds. The average molecular weight is 386 g/mol. The maximum absolute atomic E-state index is 13.2. The Balaban J connectivity index is 1.80. The minimum Gasteiger partial charge on any atom is -0.368 e. The maximum Gasteiger partial charge on any atom is 0.328 e. The summed E-state index contributed by atoms with van der Waals surface area (Å²) < 4.78 is 0. The van der Waals surface area contributed by atoms with E-state index < -0.39 is 17.5 Å². The minimum absolute atomic E-state index is 0.270. The molecule has 1 aromatic carbocycles. The molecule has 2 aliphatic heterocycles. The molecule has 0 bridgehead atoms. The van der Waals surface area contributed by atoms with Crippen LogP contribution < -0.4 is 5.73 Å². The van der Waals surface area contributed by atoms with E-state index >= 15 is 0 Å². The minimum atomic E-state index is -0.852. The van der Waals surface area contributed by atoms with Gasteiger partial charge in [-0.05, 0) is 30.7 Å². The highest BCUT2D eigenvalue weighted by atomic mass is 16.2. The summed E-state index contributed by atoms with van der Waals surface area (Å²) in [5, 5.41) is 0. The van der Waals surface area contributed by atoms with Crippen LogP contribution in [0.1, 0.15) is 32.3 Å². The SMILES string of the molecule is CC(C)CN1CCC2(CC1)C(=O)N(CC(N)=O)C(=O)N2CCc1ccccc1. The molecule has 2 saturated heterocycles. The van der Waals surface area contributed by atoms with Gasteiger partial charge in [0.15, 0.2) is 0 Å². The molecule has 152 valence electrons. The van der Waals surface area contributed by atoms with Crippen LogP contribution >= 0.6 is 0 Å². The molecule has 7 nitrogen and oxygen atoms in total. The normalized spacial score (nSPS) is 19.8. The van der Waals surface area contributed by atoms with Crippen molar-refractivity contribution < 1.29 is 14.4 Å². The topological polar surface area (TPSA) is 87.0 Å². The van der Waals surface area contributed by atoms with Crippen molar-refractivity contribution in [2.45, 2.75) is 38.6 Å². The molecule has 0 aromatic heterocycles. The third-order valence-corrected chi connectivity index (χ3v) is 5.71. The van der Waals surface area contributed by atoms with Gasteiger partial charge in [0.25, 0.3) is 5.91 Å². The van der Waals surface area contributed by atoms with E-state index in [0.29, 0.717) is 31.7 Å². The van der Waals surface area contributed by atoms with Crippen LogP contribution in [0.2, 0.25) is 0 Å². The Bertz CT molecular complexity index is 726. The Labute approximate surface area is 166 Å². The smallest absolute Gasteiger partial charge is 0.328 e. The monoisotopic (exact) mass is 386 g/mol. The van der Waals surface area contributed by atoms with Gasteiger partial charge in [-0.1, -0.05) is 44.2 Å². The number of carbonyl (C=O) groups is 3. The average Bonchev–Trinajstić information content (AvgIpc) is 2.84. The van der Waals surface area contributed by atoms with Crippen molar-refractivity contribution in [1.82, 2.24) is 14.7 Å². The van der Waals surface area contributed by atoms with Gasteiger partial charge in [-0.15, -0.1) is 0 Å². The molecule has 1 spiro atoms. The van der Waals surface area contributed by atoms with Crippen molar-refractivity contribution in [2.75, 3.05) is 32.7 Å². The number of benzene rings is 1. The molecule has 3 rings (SSSR count). The molecular formula is C21H30N4O3. The molecule has 1 aromatic rings. The van der Waals surface area contributed by atoms with Gasteiger partial charge in [0, 0.05) is 26.2 Å². The Morgan fingerprint density at radius 1 is 1.14 bits per heavy atom. The molecule has 0 atom stereocenters. The predicted molar refractivity (Wildman–Crippen MR) is 106 cm³/mol. The first-order valence-corrected chi connectivity index (χ1v) is 10.0. The lowest BCUT2D eigenvalue weighted by Crippen LogP contribution is -2.57. The fourth-order valence-corrected chi connectivity index (χ4v) is 4.38. The van der Waals surface area contributed by atoms with Crippen LogP contribution in [-0.4, -0.2) is 70.8 Å². The summed E-state index contributed by atoms with van der Waals surface area (Å²) in [4.78, 5) is 42.7. The fourth-order valence-electron chi connectivity index (χ4n) is 4.38. The number of carbonyl (C=O) groups excluding carboxylic acids is 3. The van der Waals surface area contributed by atoms with Crippen molar-refractivity contribution in [3.8, 4) is 0 Å². The number of nitrogens with two attached hydrogens (primary N) is 1. The number of primary amides is 1. The number of nitrogens with zero attached hydrogens (tertiary/aromatic N) is 3. The second-order valence-electron chi connectivity index (χ2n) is 8.25. The van der Waals surface area contributed by atoms with Crippen LogP contribution in [0.15, 0.2) is 30.3 Å². The number of rotatable bonds is 7. The van der Waals surface area contributed by atoms with Crippen LogP contribution in [0, 0.1) is 5.92 Å². The highest BCUT2D eigenvalue weighted by Crippen LogP contribution is 2.37. The molecule has 28 heavy (non-hydrogen) atoms. The molecule has 2 N–H and O–H groups in total. The van der Waals surface area contributed by atoms with Gasteiger partial charge in [0.05, 0.1) is 0 Å². The van der Waals surface area contributed by atoms with E-state index in [1.165, 1.54) is 0 Å². The second kappa shape index (κ2) is 8.31. The lowest BCUT2D eigenvalue weighted by atomic mass is 9.85. The number of imide groups is 1. The standard InChI is InChI=1S/C21H30N4O3/c1-16(2)14-23-12-9-21(10-13-23)19(27)24(15-18(22)26)20(28)25(21)11-8-17-6-4-3-5-7-17/h3-7,16H,8-15H2,1-2H3,(H2,22,26). The van der Waals surface area contributed by atoms with Gasteiger partial charge in [0.1, 0.15) is 12.1 Å².